The molecule has 1 radical (unpaired) electrons. The van der Waals surface area contributed by atoms with Crippen LogP contribution < -0.4 is 0 Å². The van der Waals surface area contributed by atoms with E-state index in [0.717, 1.165) is 0 Å². The van der Waals surface area contributed by atoms with E-state index in [1.54, 1.807) is 0 Å². The number of hydrogen-bond acceptors (Lipinski definition) is 0. The quantitative estimate of drug-likeness (QED) is 0.618. The summed E-state index contributed by atoms with van der Waals surface area (Å²) in [6.45, 7) is 4.18. The van der Waals surface area contributed by atoms with Gasteiger partial charge in [-0.3, -0.25) is 0 Å². The molecule has 2 aromatic rings. The summed E-state index contributed by atoms with van der Waals surface area (Å²) in [4.78, 5) is 0. The average molecular weight is 221 g/mol. The summed E-state index contributed by atoms with van der Waals surface area (Å²) >= 11 is 0. The van der Waals surface area contributed by atoms with Crippen molar-refractivity contribution in [3.63, 3.8) is 0 Å². The molecule has 0 bridgehead atoms. The average Bonchev–Trinajstić information content (AvgIpc) is 2.33. The molecule has 1 aliphatic carbocycles. The van der Waals surface area contributed by atoms with Crippen LogP contribution in [0.15, 0.2) is 42.5 Å². The lowest BCUT2D eigenvalue weighted by molar-refractivity contribution is 0.728. The molecule has 0 aromatic heterocycles. The van der Waals surface area contributed by atoms with Crippen molar-refractivity contribution in [3.05, 3.63) is 66.1 Å². The van der Waals surface area contributed by atoms with E-state index in [2.05, 4.69) is 49.4 Å². The van der Waals surface area contributed by atoms with E-state index in [0.29, 0.717) is 0 Å². The number of benzene rings is 2. The predicted molar refractivity (Wildman–Crippen MR) is 73.0 cm³/mol. The van der Waals surface area contributed by atoms with Gasteiger partial charge in [-0.15, -0.1) is 0 Å². The number of fused-ring (bicyclic) bond motifs is 3. The first-order valence-electron chi connectivity index (χ1n) is 6.38. The van der Waals surface area contributed by atoms with Crippen LogP contribution in [0.5, 0.6) is 0 Å². The van der Waals surface area contributed by atoms with Gasteiger partial charge in [0.25, 0.3) is 0 Å². The van der Waals surface area contributed by atoms with Gasteiger partial charge in [0.15, 0.2) is 0 Å². The zero-order chi connectivity index (χ0) is 11.7. The summed E-state index contributed by atoms with van der Waals surface area (Å²) in [6, 6.07) is 15.3. The summed E-state index contributed by atoms with van der Waals surface area (Å²) in [5.74, 6) is 0. The topological polar surface area (TPSA) is 0 Å². The largest absolute Gasteiger partial charge is 0.0620 e. The minimum Gasteiger partial charge on any atom is -0.0620 e. The summed E-state index contributed by atoms with van der Waals surface area (Å²) in [6.07, 6.45) is 4.93. The van der Waals surface area contributed by atoms with Crippen LogP contribution in [-0.4, -0.2) is 0 Å². The molecule has 85 valence electrons. The molecule has 0 heterocycles. The van der Waals surface area contributed by atoms with Crippen molar-refractivity contribution in [2.45, 2.75) is 25.7 Å². The maximum atomic E-state index is 4.18. The maximum Gasteiger partial charge on any atom is -0.0146 e. The number of aryl methyl sites for hydroxylation is 1. The van der Waals surface area contributed by atoms with E-state index >= 15 is 0 Å². The van der Waals surface area contributed by atoms with Gasteiger partial charge < -0.3 is 0 Å². The fourth-order valence-electron chi connectivity index (χ4n) is 2.80. The second-order valence-electron chi connectivity index (χ2n) is 4.81. The summed E-state index contributed by atoms with van der Waals surface area (Å²) in [5, 5.41) is 0. The fraction of sp³-hybridized carbons (Fsp3) is 0.235. The number of rotatable bonds is 0. The SMILES string of the molecule is [CH2]c1cccc2c1CCCCc1ccccc1-2. The molecule has 0 saturated heterocycles. The fourth-order valence-corrected chi connectivity index (χ4v) is 2.80. The first-order valence-corrected chi connectivity index (χ1v) is 6.38. The molecule has 0 unspecified atom stereocenters. The van der Waals surface area contributed by atoms with Crippen molar-refractivity contribution in [2.75, 3.05) is 0 Å². The molecule has 0 amide bonds. The van der Waals surface area contributed by atoms with E-state index in [4.69, 9.17) is 0 Å². The van der Waals surface area contributed by atoms with Crippen molar-refractivity contribution in [3.8, 4) is 11.1 Å². The molecule has 0 saturated carbocycles. The molecule has 0 nitrogen and oxygen atoms in total. The Labute approximate surface area is 103 Å². The van der Waals surface area contributed by atoms with Crippen molar-refractivity contribution in [2.24, 2.45) is 0 Å². The molecule has 0 fully saturated rings. The van der Waals surface area contributed by atoms with Gasteiger partial charge in [-0.1, -0.05) is 42.5 Å². The van der Waals surface area contributed by atoms with Gasteiger partial charge in [0.1, 0.15) is 0 Å². The number of hydrogen-bond donors (Lipinski definition) is 0. The van der Waals surface area contributed by atoms with Crippen LogP contribution in [0.4, 0.5) is 0 Å². The first-order chi connectivity index (χ1) is 8.36. The maximum absolute atomic E-state index is 4.18. The molecule has 0 N–H and O–H groups in total. The minimum atomic E-state index is 1.17. The Balaban J connectivity index is 2.26. The lowest BCUT2D eigenvalue weighted by Gasteiger charge is -2.19. The van der Waals surface area contributed by atoms with Gasteiger partial charge in [0, 0.05) is 0 Å². The predicted octanol–water partition coefficient (Wildman–Crippen LogP) is 4.41. The molecule has 0 spiro atoms. The molecule has 0 heteroatoms. The molecular formula is C17H17. The van der Waals surface area contributed by atoms with E-state index in [1.807, 2.05) is 0 Å². The van der Waals surface area contributed by atoms with Gasteiger partial charge in [-0.25, -0.2) is 0 Å². The summed E-state index contributed by atoms with van der Waals surface area (Å²) < 4.78 is 0. The van der Waals surface area contributed by atoms with Crippen molar-refractivity contribution < 1.29 is 0 Å². The zero-order valence-corrected chi connectivity index (χ0v) is 10.1. The lowest BCUT2D eigenvalue weighted by atomic mass is 9.86. The van der Waals surface area contributed by atoms with Crippen LogP contribution in [0.2, 0.25) is 0 Å². The first kappa shape index (κ1) is 10.6. The van der Waals surface area contributed by atoms with Gasteiger partial charge in [-0.05, 0) is 60.4 Å². The van der Waals surface area contributed by atoms with Gasteiger partial charge in [0.05, 0.1) is 0 Å². The Morgan fingerprint density at radius 3 is 2.47 bits per heavy atom. The van der Waals surface area contributed by atoms with Crippen LogP contribution in [-0.2, 0) is 12.8 Å². The highest BCUT2D eigenvalue weighted by Gasteiger charge is 2.13. The van der Waals surface area contributed by atoms with Crippen molar-refractivity contribution >= 4 is 0 Å². The normalized spacial score (nSPS) is 14.4. The van der Waals surface area contributed by atoms with Crippen LogP contribution >= 0.6 is 0 Å². The molecule has 17 heavy (non-hydrogen) atoms. The highest BCUT2D eigenvalue weighted by Crippen LogP contribution is 2.32. The van der Waals surface area contributed by atoms with E-state index < -0.39 is 0 Å². The van der Waals surface area contributed by atoms with E-state index in [1.165, 1.54) is 53.5 Å². The molecular weight excluding hydrogens is 204 g/mol. The Kier molecular flexibility index (Phi) is 2.72. The molecule has 3 rings (SSSR count). The lowest BCUT2D eigenvalue weighted by Crippen LogP contribution is -2.01. The molecule has 1 aliphatic rings. The second kappa shape index (κ2) is 4.37. The van der Waals surface area contributed by atoms with E-state index in [-0.39, 0.29) is 0 Å². The smallest absolute Gasteiger partial charge is 0.0146 e. The molecule has 2 aromatic carbocycles. The van der Waals surface area contributed by atoms with Gasteiger partial charge in [0.2, 0.25) is 0 Å². The third kappa shape index (κ3) is 1.88. The third-order valence-corrected chi connectivity index (χ3v) is 3.70. The highest BCUT2D eigenvalue weighted by molar-refractivity contribution is 5.72. The second-order valence-corrected chi connectivity index (χ2v) is 4.81. The van der Waals surface area contributed by atoms with Crippen LogP contribution in [0.1, 0.15) is 29.5 Å². The zero-order valence-electron chi connectivity index (χ0n) is 10.1. The third-order valence-electron chi connectivity index (χ3n) is 3.70. The molecule has 0 aliphatic heterocycles. The Morgan fingerprint density at radius 2 is 1.53 bits per heavy atom. The van der Waals surface area contributed by atoms with Crippen LogP contribution in [0, 0.1) is 6.92 Å². The van der Waals surface area contributed by atoms with Gasteiger partial charge >= 0.3 is 0 Å². The Hall–Kier alpha value is -1.56. The highest BCUT2D eigenvalue weighted by atomic mass is 14.2. The van der Waals surface area contributed by atoms with Crippen molar-refractivity contribution in [1.82, 2.24) is 0 Å². The molecule has 0 atom stereocenters. The van der Waals surface area contributed by atoms with Crippen LogP contribution in [0.3, 0.4) is 0 Å². The minimum absolute atomic E-state index is 1.17. The van der Waals surface area contributed by atoms with Crippen molar-refractivity contribution in [1.29, 1.82) is 0 Å². The van der Waals surface area contributed by atoms with Gasteiger partial charge in [-0.2, -0.15) is 0 Å². The van der Waals surface area contributed by atoms with E-state index in [9.17, 15) is 0 Å². The Bertz CT molecular complexity index is 537. The summed E-state index contributed by atoms with van der Waals surface area (Å²) in [5.41, 5.74) is 6.93. The summed E-state index contributed by atoms with van der Waals surface area (Å²) in [7, 11) is 0. The van der Waals surface area contributed by atoms with Crippen LogP contribution in [0.25, 0.3) is 11.1 Å². The monoisotopic (exact) mass is 221 g/mol. The Morgan fingerprint density at radius 1 is 0.765 bits per heavy atom. The standard InChI is InChI=1S/C17H17/c1-13-7-6-12-17-15(13)10-4-2-8-14-9-3-5-11-16(14)17/h3,5-7,9,11-12H,1-2,4,8,10H2.